The summed E-state index contributed by atoms with van der Waals surface area (Å²) in [6.07, 6.45) is 4.05. The number of methoxy groups -OCH3 is 2. The lowest BCUT2D eigenvalue weighted by atomic mass is 10.1. The Hall–Kier alpha value is -0.480. The Balaban J connectivity index is 3.05. The third-order valence-corrected chi connectivity index (χ3v) is 3.47. The fourth-order valence-corrected chi connectivity index (χ4v) is 2.28. The normalized spacial score (nSPS) is 10.2. The Bertz CT molecular complexity index is 340. The number of benzene rings is 1. The van der Waals surface area contributed by atoms with Crippen molar-refractivity contribution >= 4 is 24.4 Å². The molecule has 0 bridgehead atoms. The molecule has 0 aromatic heterocycles. The molecule has 1 aromatic rings. The van der Waals surface area contributed by atoms with Crippen LogP contribution in [0.5, 0.6) is 11.5 Å². The molecule has 0 fully saturated rings. The number of aryl methyl sites for hydroxylation is 1. The summed E-state index contributed by atoms with van der Waals surface area (Å²) in [6.45, 7) is 0. The van der Waals surface area contributed by atoms with Crippen molar-refractivity contribution in [3.63, 3.8) is 0 Å². The first kappa shape index (κ1) is 13.6. The van der Waals surface area contributed by atoms with Gasteiger partial charge in [-0.1, -0.05) is 0 Å². The zero-order valence-electron chi connectivity index (χ0n) is 9.95. The lowest BCUT2D eigenvalue weighted by Crippen LogP contribution is -1.96. The highest BCUT2D eigenvalue weighted by Crippen LogP contribution is 2.35. The molecule has 0 saturated carbocycles. The topological polar surface area (TPSA) is 18.5 Å². The maximum absolute atomic E-state index is 5.39. The number of thioether (sulfide) groups is 1. The van der Waals surface area contributed by atoms with Crippen LogP contribution in [0.3, 0.4) is 0 Å². The second kappa shape index (κ2) is 6.97. The molecule has 0 aliphatic carbocycles. The van der Waals surface area contributed by atoms with Crippen LogP contribution in [0.15, 0.2) is 17.0 Å². The SMILES string of the molecule is COc1cc(SC)c(OC)cc1CCCS. The molecule has 4 heteroatoms. The van der Waals surface area contributed by atoms with E-state index in [1.54, 1.807) is 26.0 Å². The number of hydrogen-bond acceptors (Lipinski definition) is 4. The lowest BCUT2D eigenvalue weighted by molar-refractivity contribution is 0.390. The van der Waals surface area contributed by atoms with Crippen molar-refractivity contribution in [2.75, 3.05) is 26.2 Å². The van der Waals surface area contributed by atoms with E-state index in [2.05, 4.69) is 18.7 Å². The molecule has 0 atom stereocenters. The molecule has 0 aliphatic heterocycles. The predicted octanol–water partition coefficient (Wildman–Crippen LogP) is 3.29. The van der Waals surface area contributed by atoms with Gasteiger partial charge in [0.15, 0.2) is 0 Å². The van der Waals surface area contributed by atoms with E-state index in [0.717, 1.165) is 35.0 Å². The van der Waals surface area contributed by atoms with E-state index in [-0.39, 0.29) is 0 Å². The summed E-state index contributed by atoms with van der Waals surface area (Å²) in [5.41, 5.74) is 1.19. The van der Waals surface area contributed by atoms with E-state index in [9.17, 15) is 0 Å². The van der Waals surface area contributed by atoms with Crippen molar-refractivity contribution in [3.05, 3.63) is 17.7 Å². The first-order chi connectivity index (χ1) is 7.76. The van der Waals surface area contributed by atoms with Gasteiger partial charge in [0.1, 0.15) is 11.5 Å². The third-order valence-electron chi connectivity index (χ3n) is 2.39. The van der Waals surface area contributed by atoms with Crippen molar-refractivity contribution < 1.29 is 9.47 Å². The second-order valence-corrected chi connectivity index (χ2v) is 4.64. The molecule has 90 valence electrons. The Morgan fingerprint density at radius 3 is 2.38 bits per heavy atom. The van der Waals surface area contributed by atoms with Crippen molar-refractivity contribution in [1.82, 2.24) is 0 Å². The minimum atomic E-state index is 0.885. The highest BCUT2D eigenvalue weighted by atomic mass is 32.2. The summed E-state index contributed by atoms with van der Waals surface area (Å²) < 4.78 is 10.8. The number of ether oxygens (including phenoxy) is 2. The van der Waals surface area contributed by atoms with Crippen molar-refractivity contribution in [2.24, 2.45) is 0 Å². The van der Waals surface area contributed by atoms with Gasteiger partial charge in [-0.3, -0.25) is 0 Å². The van der Waals surface area contributed by atoms with Gasteiger partial charge >= 0.3 is 0 Å². The summed E-state index contributed by atoms with van der Waals surface area (Å²) >= 11 is 5.89. The first-order valence-corrected chi connectivity index (χ1v) is 7.02. The quantitative estimate of drug-likeness (QED) is 0.624. The van der Waals surface area contributed by atoms with Gasteiger partial charge in [-0.05, 0) is 42.5 Å². The van der Waals surface area contributed by atoms with Crippen LogP contribution >= 0.6 is 24.4 Å². The van der Waals surface area contributed by atoms with Crippen molar-refractivity contribution in [1.29, 1.82) is 0 Å². The molecule has 0 aliphatic rings. The largest absolute Gasteiger partial charge is 0.496 e. The minimum Gasteiger partial charge on any atom is -0.496 e. The highest BCUT2D eigenvalue weighted by Gasteiger charge is 2.10. The summed E-state index contributed by atoms with van der Waals surface area (Å²) in [7, 11) is 3.40. The molecule has 0 N–H and O–H groups in total. The molecule has 2 nitrogen and oxygen atoms in total. The van der Waals surface area contributed by atoms with E-state index >= 15 is 0 Å². The van der Waals surface area contributed by atoms with Gasteiger partial charge in [0, 0.05) is 0 Å². The van der Waals surface area contributed by atoms with Crippen LogP contribution in [0.4, 0.5) is 0 Å². The van der Waals surface area contributed by atoms with E-state index in [1.807, 2.05) is 12.3 Å². The van der Waals surface area contributed by atoms with Crippen LogP contribution in [0.2, 0.25) is 0 Å². The zero-order valence-corrected chi connectivity index (χ0v) is 11.7. The van der Waals surface area contributed by atoms with Crippen molar-refractivity contribution in [2.45, 2.75) is 17.7 Å². The first-order valence-electron chi connectivity index (χ1n) is 5.16. The molecular weight excluding hydrogens is 240 g/mol. The van der Waals surface area contributed by atoms with Gasteiger partial charge in [0.2, 0.25) is 0 Å². The molecule has 0 amide bonds. The molecule has 0 radical (unpaired) electrons. The Morgan fingerprint density at radius 2 is 1.88 bits per heavy atom. The molecular formula is C12H18O2S2. The fraction of sp³-hybridized carbons (Fsp3) is 0.500. The molecule has 1 aromatic carbocycles. The average Bonchev–Trinajstić information content (AvgIpc) is 2.35. The number of rotatable bonds is 6. The van der Waals surface area contributed by atoms with Gasteiger partial charge in [-0.15, -0.1) is 11.8 Å². The van der Waals surface area contributed by atoms with Gasteiger partial charge in [-0.2, -0.15) is 12.6 Å². The van der Waals surface area contributed by atoms with E-state index in [1.165, 1.54) is 5.56 Å². The van der Waals surface area contributed by atoms with Crippen LogP contribution in [0.25, 0.3) is 0 Å². The van der Waals surface area contributed by atoms with Crippen LogP contribution < -0.4 is 9.47 Å². The van der Waals surface area contributed by atoms with Gasteiger partial charge in [0.05, 0.1) is 19.1 Å². The third kappa shape index (κ3) is 3.25. The van der Waals surface area contributed by atoms with Gasteiger partial charge in [0.25, 0.3) is 0 Å². The monoisotopic (exact) mass is 258 g/mol. The van der Waals surface area contributed by atoms with Crippen molar-refractivity contribution in [3.8, 4) is 11.5 Å². The van der Waals surface area contributed by atoms with E-state index in [0.29, 0.717) is 0 Å². The number of thiol groups is 1. The minimum absolute atomic E-state index is 0.885. The zero-order chi connectivity index (χ0) is 12.0. The second-order valence-electron chi connectivity index (χ2n) is 3.35. The maximum Gasteiger partial charge on any atom is 0.132 e. The average molecular weight is 258 g/mol. The fourth-order valence-electron chi connectivity index (χ4n) is 1.56. The standard InChI is InChI=1S/C12H18O2S2/c1-13-10-8-12(16-3)11(14-2)7-9(10)5-4-6-15/h7-8,15H,4-6H2,1-3H3. The molecule has 1 rings (SSSR count). The van der Waals surface area contributed by atoms with E-state index < -0.39 is 0 Å². The van der Waals surface area contributed by atoms with Crippen LogP contribution in [0.1, 0.15) is 12.0 Å². The van der Waals surface area contributed by atoms with Gasteiger partial charge < -0.3 is 9.47 Å². The summed E-state index contributed by atoms with van der Waals surface area (Å²) in [5, 5.41) is 0. The Labute approximate surface area is 107 Å². The van der Waals surface area contributed by atoms with Crippen LogP contribution in [-0.4, -0.2) is 26.2 Å². The Kier molecular flexibility index (Phi) is 5.91. The predicted molar refractivity (Wildman–Crippen MR) is 73.5 cm³/mol. The number of hydrogen-bond donors (Lipinski definition) is 1. The maximum atomic E-state index is 5.39. The molecule has 16 heavy (non-hydrogen) atoms. The summed E-state index contributed by atoms with van der Waals surface area (Å²) in [5.74, 6) is 2.74. The highest BCUT2D eigenvalue weighted by molar-refractivity contribution is 7.98. The molecule has 0 spiro atoms. The molecule has 0 saturated heterocycles. The molecule has 0 heterocycles. The van der Waals surface area contributed by atoms with Crippen LogP contribution in [-0.2, 0) is 6.42 Å². The van der Waals surface area contributed by atoms with Crippen LogP contribution in [0, 0.1) is 0 Å². The van der Waals surface area contributed by atoms with E-state index in [4.69, 9.17) is 9.47 Å². The smallest absolute Gasteiger partial charge is 0.132 e. The molecule has 0 unspecified atom stereocenters. The summed E-state index contributed by atoms with van der Waals surface area (Å²) in [4.78, 5) is 1.11. The summed E-state index contributed by atoms with van der Waals surface area (Å²) in [6, 6.07) is 4.10. The lowest BCUT2D eigenvalue weighted by Gasteiger charge is -2.13. The van der Waals surface area contributed by atoms with Gasteiger partial charge in [-0.25, -0.2) is 0 Å². The Morgan fingerprint density at radius 1 is 1.19 bits per heavy atom.